The van der Waals surface area contributed by atoms with Gasteiger partial charge in [0.15, 0.2) is 0 Å². The van der Waals surface area contributed by atoms with Crippen LogP contribution in [-0.4, -0.2) is 18.0 Å². The number of halogens is 1. The van der Waals surface area contributed by atoms with Crippen molar-refractivity contribution in [2.45, 2.75) is 24.7 Å². The Kier molecular flexibility index (Phi) is 3.19. The number of anilines is 1. The van der Waals surface area contributed by atoms with Crippen molar-refractivity contribution >= 4 is 27.6 Å². The predicted molar refractivity (Wildman–Crippen MR) is 68.9 cm³/mol. The number of nitrogens with one attached hydrogen (secondary N) is 1. The highest BCUT2D eigenvalue weighted by Gasteiger charge is 2.19. The normalized spacial score (nSPS) is 16.7. The van der Waals surface area contributed by atoms with Crippen LogP contribution in [0.15, 0.2) is 18.2 Å². The van der Waals surface area contributed by atoms with E-state index in [-0.39, 0.29) is 6.03 Å². The number of carbonyl (C=O) groups excluding carboxylic acids is 1. The van der Waals surface area contributed by atoms with Crippen LogP contribution in [0.4, 0.5) is 10.5 Å². The smallest absolute Gasteiger partial charge is 0.321 e. The lowest BCUT2D eigenvalue weighted by Gasteiger charge is -2.26. The second-order valence-corrected chi connectivity index (χ2v) is 5.18. The zero-order chi connectivity index (χ0) is 11.7. The fourth-order valence-electron chi connectivity index (χ4n) is 1.83. The van der Waals surface area contributed by atoms with Crippen molar-refractivity contribution in [2.75, 3.05) is 12.4 Å². The molecule has 0 saturated heterocycles. The molecule has 0 spiro atoms. The van der Waals surface area contributed by atoms with Crippen LogP contribution < -0.4 is 5.32 Å². The Morgan fingerprint density at radius 1 is 1.56 bits per heavy atom. The van der Waals surface area contributed by atoms with Gasteiger partial charge in [-0.1, -0.05) is 35.0 Å². The molecular formula is C12H15BrN2O. The molecule has 1 aromatic carbocycles. The molecule has 1 heterocycles. The fraction of sp³-hybridized carbons (Fsp3) is 0.417. The molecule has 1 aromatic rings. The summed E-state index contributed by atoms with van der Waals surface area (Å²) in [6.07, 6.45) is 1.06. The van der Waals surface area contributed by atoms with E-state index in [1.54, 1.807) is 11.9 Å². The third-order valence-electron chi connectivity index (χ3n) is 2.85. The van der Waals surface area contributed by atoms with Crippen LogP contribution in [0.25, 0.3) is 0 Å². The number of benzene rings is 1. The Balaban J connectivity index is 2.32. The summed E-state index contributed by atoms with van der Waals surface area (Å²) < 4.78 is 0. The summed E-state index contributed by atoms with van der Waals surface area (Å²) >= 11 is 3.64. The summed E-state index contributed by atoms with van der Waals surface area (Å²) in [6.45, 7) is 2.82. The molecule has 4 heteroatoms. The lowest BCUT2D eigenvalue weighted by Crippen LogP contribution is -2.35. The fourth-order valence-corrected chi connectivity index (χ4v) is 2.12. The monoisotopic (exact) mass is 282 g/mol. The first-order valence-corrected chi connectivity index (χ1v) is 6.32. The van der Waals surface area contributed by atoms with Crippen molar-refractivity contribution in [2.24, 2.45) is 0 Å². The number of amides is 2. The van der Waals surface area contributed by atoms with Gasteiger partial charge in [0.25, 0.3) is 0 Å². The van der Waals surface area contributed by atoms with Crippen LogP contribution in [0.1, 0.15) is 29.3 Å². The summed E-state index contributed by atoms with van der Waals surface area (Å²) in [6, 6.07) is 6.17. The topological polar surface area (TPSA) is 32.3 Å². The van der Waals surface area contributed by atoms with E-state index < -0.39 is 0 Å². The Labute approximate surface area is 104 Å². The first kappa shape index (κ1) is 11.5. The summed E-state index contributed by atoms with van der Waals surface area (Å²) in [7, 11) is 1.80. The minimum Gasteiger partial charge on any atom is -0.323 e. The molecule has 0 aromatic heterocycles. The van der Waals surface area contributed by atoms with Gasteiger partial charge in [0.1, 0.15) is 0 Å². The van der Waals surface area contributed by atoms with E-state index in [0.717, 1.165) is 12.1 Å². The maximum absolute atomic E-state index is 11.4. The molecule has 1 atom stereocenters. The maximum Gasteiger partial charge on any atom is 0.321 e. The lowest BCUT2D eigenvalue weighted by molar-refractivity contribution is 0.218. The van der Waals surface area contributed by atoms with E-state index >= 15 is 0 Å². The lowest BCUT2D eigenvalue weighted by atomic mass is 10.0. The molecule has 0 saturated carbocycles. The summed E-state index contributed by atoms with van der Waals surface area (Å²) in [4.78, 5) is 13.5. The average Bonchev–Trinajstić information content (AvgIpc) is 2.29. The van der Waals surface area contributed by atoms with Crippen LogP contribution in [0.5, 0.6) is 0 Å². The first-order valence-electron chi connectivity index (χ1n) is 5.41. The maximum atomic E-state index is 11.4. The third kappa shape index (κ3) is 2.07. The number of carbonyl (C=O) groups is 1. The second kappa shape index (κ2) is 4.45. The van der Waals surface area contributed by atoms with E-state index in [0.29, 0.717) is 11.4 Å². The van der Waals surface area contributed by atoms with Crippen molar-refractivity contribution in [1.82, 2.24) is 4.90 Å². The molecule has 3 nitrogen and oxygen atoms in total. The van der Waals surface area contributed by atoms with E-state index in [2.05, 4.69) is 40.3 Å². The molecule has 1 N–H and O–H groups in total. The number of hydrogen-bond acceptors (Lipinski definition) is 1. The quantitative estimate of drug-likeness (QED) is 0.828. The minimum absolute atomic E-state index is 0.0360. The van der Waals surface area contributed by atoms with Crippen molar-refractivity contribution in [3.8, 4) is 0 Å². The van der Waals surface area contributed by atoms with Gasteiger partial charge in [0.2, 0.25) is 0 Å². The number of alkyl halides is 1. The molecule has 86 valence electrons. The van der Waals surface area contributed by atoms with E-state index in [1.807, 2.05) is 6.07 Å². The summed E-state index contributed by atoms with van der Waals surface area (Å²) in [5, 5.41) is 2.87. The molecule has 1 aliphatic rings. The van der Waals surface area contributed by atoms with Gasteiger partial charge in [-0.15, -0.1) is 0 Å². The van der Waals surface area contributed by atoms with Crippen LogP contribution >= 0.6 is 15.9 Å². The highest BCUT2D eigenvalue weighted by atomic mass is 79.9. The van der Waals surface area contributed by atoms with Crippen LogP contribution in [0.3, 0.4) is 0 Å². The first-order chi connectivity index (χ1) is 7.61. The van der Waals surface area contributed by atoms with Gasteiger partial charge in [-0.25, -0.2) is 4.79 Å². The highest BCUT2D eigenvalue weighted by Crippen LogP contribution is 2.31. The molecule has 0 radical (unpaired) electrons. The minimum atomic E-state index is -0.0360. The van der Waals surface area contributed by atoms with E-state index in [4.69, 9.17) is 0 Å². The molecule has 0 aliphatic carbocycles. The van der Waals surface area contributed by atoms with Crippen LogP contribution in [-0.2, 0) is 6.54 Å². The number of hydrogen-bond donors (Lipinski definition) is 1. The van der Waals surface area contributed by atoms with Crippen molar-refractivity contribution in [3.63, 3.8) is 0 Å². The molecule has 2 amide bonds. The zero-order valence-electron chi connectivity index (χ0n) is 9.46. The Morgan fingerprint density at radius 3 is 3.00 bits per heavy atom. The predicted octanol–water partition coefficient (Wildman–Crippen LogP) is 3.51. The van der Waals surface area contributed by atoms with E-state index in [9.17, 15) is 4.79 Å². The van der Waals surface area contributed by atoms with E-state index in [1.165, 1.54) is 11.1 Å². The third-order valence-corrected chi connectivity index (χ3v) is 4.02. The summed E-state index contributed by atoms with van der Waals surface area (Å²) in [5.41, 5.74) is 3.38. The molecule has 16 heavy (non-hydrogen) atoms. The second-order valence-electron chi connectivity index (χ2n) is 4.08. The van der Waals surface area contributed by atoms with Crippen LogP contribution in [0, 0.1) is 0 Å². The van der Waals surface area contributed by atoms with Crippen molar-refractivity contribution < 1.29 is 4.79 Å². The number of nitrogens with zero attached hydrogens (tertiary/aromatic N) is 1. The van der Waals surface area contributed by atoms with Gasteiger partial charge in [-0.3, -0.25) is 0 Å². The van der Waals surface area contributed by atoms with Crippen LogP contribution in [0.2, 0.25) is 0 Å². The highest BCUT2D eigenvalue weighted by molar-refractivity contribution is 9.09. The Bertz CT molecular complexity index is 419. The molecule has 0 fully saturated rings. The average molecular weight is 283 g/mol. The van der Waals surface area contributed by atoms with Gasteiger partial charge in [-0.05, 0) is 23.6 Å². The summed E-state index contributed by atoms with van der Waals surface area (Å²) in [5.74, 6) is 0. The Hall–Kier alpha value is -1.03. The van der Waals surface area contributed by atoms with Crippen molar-refractivity contribution in [3.05, 3.63) is 29.3 Å². The SMILES string of the molecule is CCC(Br)c1ccc2c(c1)CN(C)C(=O)N2. The zero-order valence-corrected chi connectivity index (χ0v) is 11.0. The Morgan fingerprint density at radius 2 is 2.31 bits per heavy atom. The number of rotatable bonds is 2. The standard InChI is InChI=1S/C12H15BrN2O/c1-3-10(13)8-4-5-11-9(6-8)7-15(2)12(16)14-11/h4-6,10H,3,7H2,1-2H3,(H,14,16). The van der Waals surface area contributed by atoms with Gasteiger partial charge < -0.3 is 10.2 Å². The number of fused-ring (bicyclic) bond motifs is 1. The largest absolute Gasteiger partial charge is 0.323 e. The molecule has 0 bridgehead atoms. The molecule has 2 rings (SSSR count). The molecular weight excluding hydrogens is 268 g/mol. The molecule has 1 unspecified atom stereocenters. The number of urea groups is 1. The van der Waals surface area contributed by atoms with Gasteiger partial charge in [0.05, 0.1) is 0 Å². The van der Waals surface area contributed by atoms with Gasteiger partial charge >= 0.3 is 6.03 Å². The van der Waals surface area contributed by atoms with Gasteiger partial charge in [0, 0.05) is 24.1 Å². The van der Waals surface area contributed by atoms with Gasteiger partial charge in [-0.2, -0.15) is 0 Å². The van der Waals surface area contributed by atoms with Crippen molar-refractivity contribution in [1.29, 1.82) is 0 Å². The molecule has 1 aliphatic heterocycles.